The fourth-order valence-electron chi connectivity index (χ4n) is 3.90. The lowest BCUT2D eigenvalue weighted by Crippen LogP contribution is -2.41. The van der Waals surface area contributed by atoms with Crippen LogP contribution in [0, 0.1) is 5.92 Å². The number of carbonyl (C=O) groups excluding carboxylic acids is 2. The average Bonchev–Trinajstić information content (AvgIpc) is 3.11. The smallest absolute Gasteiger partial charge is 0.334 e. The van der Waals surface area contributed by atoms with E-state index in [-0.39, 0.29) is 0 Å². The van der Waals surface area contributed by atoms with E-state index in [9.17, 15) is 9.59 Å². The minimum absolute atomic E-state index is 0.303. The molecule has 0 aromatic carbocycles. The summed E-state index contributed by atoms with van der Waals surface area (Å²) in [5.41, 5.74) is 2.63. The van der Waals surface area contributed by atoms with Crippen molar-refractivity contribution in [2.45, 2.75) is 58.2 Å². The fourth-order valence-corrected chi connectivity index (χ4v) is 3.90. The Hall–Kier alpha value is -2.18. The van der Waals surface area contributed by atoms with Gasteiger partial charge in [-0.1, -0.05) is 18.2 Å². The summed E-state index contributed by atoms with van der Waals surface area (Å²) in [6.07, 6.45) is 4.19. The Morgan fingerprint density at radius 2 is 2.07 bits per heavy atom. The lowest BCUT2D eigenvalue weighted by atomic mass is 9.83. The van der Waals surface area contributed by atoms with Gasteiger partial charge in [-0.25, -0.2) is 9.59 Å². The van der Waals surface area contributed by atoms with E-state index in [0.29, 0.717) is 17.6 Å². The molecule has 1 unspecified atom stereocenters. The first-order valence-corrected chi connectivity index (χ1v) is 9.05. The van der Waals surface area contributed by atoms with Crippen molar-refractivity contribution in [2.24, 2.45) is 5.92 Å². The normalized spacial score (nSPS) is 38.0. The summed E-state index contributed by atoms with van der Waals surface area (Å²) in [5.74, 6) is -2.41. The maximum absolute atomic E-state index is 12.4. The van der Waals surface area contributed by atoms with Gasteiger partial charge in [0, 0.05) is 24.7 Å². The number of ether oxygens (including phenoxy) is 4. The van der Waals surface area contributed by atoms with Gasteiger partial charge in [-0.3, -0.25) is 0 Å². The number of hydrogen-bond acceptors (Lipinski definition) is 6. The SMILES string of the molecule is C=C1C(=O)O[C@H]2C1[C@@H](OC(=O)/C(C)=C/C)C/C(C)=C\[C@@]1(OC)C=C(C)[C@@H]2O1. The van der Waals surface area contributed by atoms with Crippen LogP contribution in [0.3, 0.4) is 0 Å². The lowest BCUT2D eigenvalue weighted by Gasteiger charge is -2.30. The summed E-state index contributed by atoms with van der Waals surface area (Å²) in [6, 6.07) is 0. The molecule has 3 rings (SSSR count). The molecule has 3 aliphatic rings. The molecular formula is C21H26O6. The zero-order chi connectivity index (χ0) is 19.9. The van der Waals surface area contributed by atoms with Crippen molar-refractivity contribution < 1.29 is 28.5 Å². The van der Waals surface area contributed by atoms with Crippen LogP contribution in [0.15, 0.2) is 47.1 Å². The highest BCUT2D eigenvalue weighted by atomic mass is 16.7. The van der Waals surface area contributed by atoms with Crippen LogP contribution in [-0.2, 0) is 28.5 Å². The van der Waals surface area contributed by atoms with E-state index >= 15 is 0 Å². The van der Waals surface area contributed by atoms with Crippen LogP contribution in [-0.4, -0.2) is 43.1 Å². The summed E-state index contributed by atoms with van der Waals surface area (Å²) in [6.45, 7) is 11.2. The second-order valence-electron chi connectivity index (χ2n) is 7.38. The number of allylic oxidation sites excluding steroid dienone is 1. The molecule has 6 heteroatoms. The van der Waals surface area contributed by atoms with Gasteiger partial charge in [-0.05, 0) is 45.4 Å². The molecule has 1 saturated heterocycles. The van der Waals surface area contributed by atoms with Crippen molar-refractivity contribution in [1.29, 1.82) is 0 Å². The molecule has 0 aromatic heterocycles. The Labute approximate surface area is 159 Å². The maximum Gasteiger partial charge on any atom is 0.334 e. The zero-order valence-corrected chi connectivity index (χ0v) is 16.4. The first-order chi connectivity index (χ1) is 12.7. The van der Waals surface area contributed by atoms with Crippen LogP contribution >= 0.6 is 0 Å². The van der Waals surface area contributed by atoms with Crippen LogP contribution in [0.4, 0.5) is 0 Å². The molecule has 0 N–H and O–H groups in total. The van der Waals surface area contributed by atoms with Crippen LogP contribution in [0.25, 0.3) is 0 Å². The maximum atomic E-state index is 12.4. The standard InChI is InChI=1S/C21H26O6/c1-7-12(3)19(22)25-15-8-11(2)9-21(24-6)10-13(4)17(27-21)18-16(15)14(5)20(23)26-18/h7,9-10,15-18H,5,8H2,1-4,6H3/b11-9-,12-7+/t15-,16?,17-,18-,21-/m0/s1. The number of hydrogen-bond donors (Lipinski definition) is 0. The van der Waals surface area contributed by atoms with E-state index in [1.54, 1.807) is 27.0 Å². The third kappa shape index (κ3) is 3.39. The van der Waals surface area contributed by atoms with Crippen LogP contribution in [0.2, 0.25) is 0 Å². The van der Waals surface area contributed by atoms with Gasteiger partial charge in [-0.15, -0.1) is 0 Å². The van der Waals surface area contributed by atoms with Crippen molar-refractivity contribution in [3.8, 4) is 0 Å². The largest absolute Gasteiger partial charge is 0.458 e. The van der Waals surface area contributed by atoms with Crippen molar-refractivity contribution in [1.82, 2.24) is 0 Å². The Morgan fingerprint density at radius 3 is 2.70 bits per heavy atom. The highest BCUT2D eigenvalue weighted by Crippen LogP contribution is 2.44. The Bertz CT molecular complexity index is 774. The first kappa shape index (κ1) is 19.6. The van der Waals surface area contributed by atoms with Gasteiger partial charge in [0.2, 0.25) is 5.79 Å². The van der Waals surface area contributed by atoms with E-state index < -0.39 is 42.0 Å². The van der Waals surface area contributed by atoms with Crippen molar-refractivity contribution in [3.05, 3.63) is 47.1 Å². The number of fused-ring (bicyclic) bond motifs is 4. The highest BCUT2D eigenvalue weighted by molar-refractivity contribution is 5.91. The molecule has 0 aromatic rings. The number of rotatable bonds is 3. The monoisotopic (exact) mass is 374 g/mol. The van der Waals surface area contributed by atoms with Gasteiger partial charge < -0.3 is 18.9 Å². The number of carbonyl (C=O) groups is 2. The molecule has 3 aliphatic heterocycles. The van der Waals surface area contributed by atoms with Gasteiger partial charge in [0.15, 0.2) is 0 Å². The van der Waals surface area contributed by atoms with Gasteiger partial charge in [0.05, 0.1) is 5.92 Å². The lowest BCUT2D eigenvalue weighted by molar-refractivity contribution is -0.189. The third-order valence-corrected chi connectivity index (χ3v) is 5.45. The first-order valence-electron chi connectivity index (χ1n) is 9.05. The van der Waals surface area contributed by atoms with Crippen molar-refractivity contribution in [3.63, 3.8) is 0 Å². The molecule has 2 bridgehead atoms. The summed E-state index contributed by atoms with van der Waals surface area (Å²) < 4.78 is 23.2. The zero-order valence-electron chi connectivity index (χ0n) is 16.4. The predicted octanol–water partition coefficient (Wildman–Crippen LogP) is 3.00. The molecule has 1 fully saturated rings. The summed E-state index contributed by atoms with van der Waals surface area (Å²) in [5, 5.41) is 0. The van der Waals surface area contributed by atoms with Gasteiger partial charge in [0.25, 0.3) is 0 Å². The molecule has 0 aliphatic carbocycles. The minimum atomic E-state index is -1.02. The average molecular weight is 374 g/mol. The number of methoxy groups -OCH3 is 1. The second kappa shape index (κ2) is 7.09. The van der Waals surface area contributed by atoms with E-state index in [2.05, 4.69) is 6.58 Å². The van der Waals surface area contributed by atoms with E-state index in [1.165, 1.54) is 0 Å². The topological polar surface area (TPSA) is 71.1 Å². The van der Waals surface area contributed by atoms with Gasteiger partial charge in [0.1, 0.15) is 18.3 Å². The molecule has 5 atom stereocenters. The highest BCUT2D eigenvalue weighted by Gasteiger charge is 2.54. The Balaban J connectivity index is 2.05. The molecule has 0 saturated carbocycles. The molecule has 0 radical (unpaired) electrons. The predicted molar refractivity (Wildman–Crippen MR) is 98.6 cm³/mol. The quantitative estimate of drug-likeness (QED) is 0.430. The van der Waals surface area contributed by atoms with Crippen molar-refractivity contribution in [2.75, 3.05) is 7.11 Å². The van der Waals surface area contributed by atoms with E-state index in [4.69, 9.17) is 18.9 Å². The van der Waals surface area contributed by atoms with Crippen molar-refractivity contribution >= 4 is 11.9 Å². The summed E-state index contributed by atoms with van der Waals surface area (Å²) in [7, 11) is 1.57. The van der Waals surface area contributed by atoms with E-state index in [0.717, 1.165) is 11.1 Å². The molecule has 3 heterocycles. The fraction of sp³-hybridized carbons (Fsp3) is 0.524. The van der Waals surface area contributed by atoms with Crippen LogP contribution in [0.1, 0.15) is 34.1 Å². The van der Waals surface area contributed by atoms with Gasteiger partial charge >= 0.3 is 11.9 Å². The second-order valence-corrected chi connectivity index (χ2v) is 7.38. The Kier molecular flexibility index (Phi) is 5.14. The Morgan fingerprint density at radius 1 is 1.37 bits per heavy atom. The molecule has 6 nitrogen and oxygen atoms in total. The minimum Gasteiger partial charge on any atom is -0.458 e. The molecule has 146 valence electrons. The van der Waals surface area contributed by atoms with E-state index in [1.807, 2.05) is 26.0 Å². The molecule has 0 spiro atoms. The summed E-state index contributed by atoms with van der Waals surface area (Å²) in [4.78, 5) is 24.7. The number of esters is 2. The third-order valence-electron chi connectivity index (χ3n) is 5.45. The van der Waals surface area contributed by atoms with Crippen LogP contribution in [0.5, 0.6) is 0 Å². The molecular weight excluding hydrogens is 348 g/mol. The molecule has 27 heavy (non-hydrogen) atoms. The molecule has 0 amide bonds. The van der Waals surface area contributed by atoms with Gasteiger partial charge in [-0.2, -0.15) is 0 Å². The van der Waals surface area contributed by atoms with Crippen LogP contribution < -0.4 is 0 Å². The summed E-state index contributed by atoms with van der Waals surface area (Å²) >= 11 is 0.